The lowest BCUT2D eigenvalue weighted by Gasteiger charge is -2.41. The number of hydrogen-bond acceptors (Lipinski definition) is 2. The molecular formula is C11H22N2. The van der Waals surface area contributed by atoms with Gasteiger partial charge in [-0.1, -0.05) is 20.3 Å². The average Bonchev–Trinajstić information content (AvgIpc) is 2.34. The van der Waals surface area contributed by atoms with E-state index in [1.165, 1.54) is 19.3 Å². The highest BCUT2D eigenvalue weighted by atomic mass is 15.4. The second-order valence-corrected chi connectivity index (χ2v) is 4.07. The largest absolute Gasteiger partial charge is 0.357 e. The minimum absolute atomic E-state index is 0.227. The van der Waals surface area contributed by atoms with Crippen LogP contribution in [0.5, 0.6) is 0 Å². The molecule has 13 heavy (non-hydrogen) atoms. The molecule has 0 bridgehead atoms. The van der Waals surface area contributed by atoms with E-state index in [0.29, 0.717) is 0 Å². The van der Waals surface area contributed by atoms with Gasteiger partial charge in [-0.3, -0.25) is 0 Å². The summed E-state index contributed by atoms with van der Waals surface area (Å²) in [6, 6.07) is 0. The molecule has 0 aromatic rings. The molecule has 0 radical (unpaired) electrons. The summed E-state index contributed by atoms with van der Waals surface area (Å²) >= 11 is 0. The van der Waals surface area contributed by atoms with E-state index < -0.39 is 0 Å². The quantitative estimate of drug-likeness (QED) is 0.659. The van der Waals surface area contributed by atoms with Crippen LogP contribution in [0.2, 0.25) is 0 Å². The molecule has 2 heteroatoms. The van der Waals surface area contributed by atoms with Crippen LogP contribution in [-0.4, -0.2) is 29.1 Å². The van der Waals surface area contributed by atoms with Crippen LogP contribution in [-0.2, 0) is 0 Å². The summed E-state index contributed by atoms with van der Waals surface area (Å²) in [6.07, 6.45) is 8.10. The summed E-state index contributed by atoms with van der Waals surface area (Å²) < 4.78 is 0. The van der Waals surface area contributed by atoms with Crippen molar-refractivity contribution in [1.82, 2.24) is 9.80 Å². The Kier molecular flexibility index (Phi) is 3.23. The van der Waals surface area contributed by atoms with Gasteiger partial charge < -0.3 is 9.80 Å². The highest BCUT2D eigenvalue weighted by molar-refractivity contribution is 5.03. The van der Waals surface area contributed by atoms with E-state index >= 15 is 0 Å². The Balaban J connectivity index is 2.67. The molecule has 1 rings (SSSR count). The number of rotatable bonds is 4. The third-order valence-corrected chi connectivity index (χ3v) is 3.04. The molecule has 0 spiro atoms. The summed E-state index contributed by atoms with van der Waals surface area (Å²) in [4.78, 5) is 4.78. The highest BCUT2D eigenvalue weighted by Gasteiger charge is 2.35. The first-order valence-corrected chi connectivity index (χ1v) is 5.33. The van der Waals surface area contributed by atoms with Gasteiger partial charge in [-0.2, -0.15) is 0 Å². The second-order valence-electron chi connectivity index (χ2n) is 4.07. The van der Waals surface area contributed by atoms with Crippen LogP contribution in [0.1, 0.15) is 40.0 Å². The van der Waals surface area contributed by atoms with Crippen molar-refractivity contribution in [2.45, 2.75) is 45.7 Å². The van der Waals surface area contributed by atoms with Crippen LogP contribution in [0.15, 0.2) is 12.4 Å². The van der Waals surface area contributed by atoms with Crippen LogP contribution >= 0.6 is 0 Å². The fourth-order valence-corrected chi connectivity index (χ4v) is 2.05. The molecule has 0 aromatic carbocycles. The van der Waals surface area contributed by atoms with Crippen molar-refractivity contribution in [1.29, 1.82) is 0 Å². The topological polar surface area (TPSA) is 6.48 Å². The molecule has 0 N–H and O–H groups in total. The Hall–Kier alpha value is -0.660. The van der Waals surface area contributed by atoms with Gasteiger partial charge in [-0.05, 0) is 19.8 Å². The van der Waals surface area contributed by atoms with Gasteiger partial charge in [0.25, 0.3) is 0 Å². The molecule has 1 aliphatic rings. The van der Waals surface area contributed by atoms with Crippen molar-refractivity contribution in [3.63, 3.8) is 0 Å². The zero-order chi connectivity index (χ0) is 9.90. The van der Waals surface area contributed by atoms with Crippen molar-refractivity contribution >= 4 is 0 Å². The maximum atomic E-state index is 2.45. The molecule has 2 nitrogen and oxygen atoms in total. The molecule has 0 aliphatic carbocycles. The Morgan fingerprint density at radius 2 is 1.85 bits per heavy atom. The van der Waals surface area contributed by atoms with Gasteiger partial charge in [0.05, 0.1) is 0 Å². The average molecular weight is 182 g/mol. The molecule has 1 unspecified atom stereocenters. The van der Waals surface area contributed by atoms with Gasteiger partial charge in [0.1, 0.15) is 5.66 Å². The van der Waals surface area contributed by atoms with E-state index in [1.54, 1.807) is 0 Å². The molecule has 0 fully saturated rings. The summed E-state index contributed by atoms with van der Waals surface area (Å²) in [7, 11) is 2.17. The fraction of sp³-hybridized carbons (Fsp3) is 0.818. The lowest BCUT2D eigenvalue weighted by molar-refractivity contribution is 0.0527. The Morgan fingerprint density at radius 3 is 2.38 bits per heavy atom. The van der Waals surface area contributed by atoms with E-state index in [2.05, 4.69) is 50.0 Å². The first kappa shape index (κ1) is 10.4. The third-order valence-electron chi connectivity index (χ3n) is 3.04. The monoisotopic (exact) mass is 182 g/mol. The first-order valence-electron chi connectivity index (χ1n) is 5.33. The maximum absolute atomic E-state index is 2.45. The molecular weight excluding hydrogens is 160 g/mol. The summed E-state index contributed by atoms with van der Waals surface area (Å²) in [5.41, 5.74) is 0.227. The first-order chi connectivity index (χ1) is 6.15. The molecule has 1 aliphatic heterocycles. The Morgan fingerprint density at radius 1 is 1.15 bits per heavy atom. The smallest absolute Gasteiger partial charge is 0.109 e. The summed E-state index contributed by atoms with van der Waals surface area (Å²) in [5, 5.41) is 0. The van der Waals surface area contributed by atoms with E-state index in [0.717, 1.165) is 6.54 Å². The minimum atomic E-state index is 0.227. The molecule has 0 saturated heterocycles. The maximum Gasteiger partial charge on any atom is 0.109 e. The van der Waals surface area contributed by atoms with Crippen LogP contribution in [0, 0.1) is 0 Å². The highest BCUT2D eigenvalue weighted by Crippen LogP contribution is 2.30. The zero-order valence-corrected chi connectivity index (χ0v) is 9.38. The summed E-state index contributed by atoms with van der Waals surface area (Å²) in [6.45, 7) is 7.98. The van der Waals surface area contributed by atoms with E-state index in [1.807, 2.05) is 0 Å². The fourth-order valence-electron chi connectivity index (χ4n) is 2.05. The van der Waals surface area contributed by atoms with Gasteiger partial charge >= 0.3 is 0 Å². The molecule has 0 amide bonds. The van der Waals surface area contributed by atoms with Gasteiger partial charge in [0, 0.05) is 26.0 Å². The SMILES string of the molecule is CCCN1C=CN(C)C1(C)CCC. The van der Waals surface area contributed by atoms with Gasteiger partial charge in [0.2, 0.25) is 0 Å². The van der Waals surface area contributed by atoms with Crippen molar-refractivity contribution in [3.8, 4) is 0 Å². The van der Waals surface area contributed by atoms with E-state index in [4.69, 9.17) is 0 Å². The molecule has 0 aromatic heterocycles. The Bertz CT molecular complexity index is 189. The van der Waals surface area contributed by atoms with Crippen molar-refractivity contribution < 1.29 is 0 Å². The minimum Gasteiger partial charge on any atom is -0.357 e. The normalized spacial score (nSPS) is 27.4. The lowest BCUT2D eigenvalue weighted by Crippen LogP contribution is -2.49. The van der Waals surface area contributed by atoms with Crippen LogP contribution < -0.4 is 0 Å². The standard InChI is InChI=1S/C11H22N2/c1-5-7-11(3)12(4)9-10-13(11)8-6-2/h9-10H,5-8H2,1-4H3. The second kappa shape index (κ2) is 4.03. The Labute approximate surface area is 82.2 Å². The van der Waals surface area contributed by atoms with Gasteiger partial charge in [-0.25, -0.2) is 0 Å². The van der Waals surface area contributed by atoms with Crippen LogP contribution in [0.3, 0.4) is 0 Å². The van der Waals surface area contributed by atoms with Crippen LogP contribution in [0.25, 0.3) is 0 Å². The van der Waals surface area contributed by atoms with Crippen LogP contribution in [0.4, 0.5) is 0 Å². The zero-order valence-electron chi connectivity index (χ0n) is 9.38. The van der Waals surface area contributed by atoms with E-state index in [-0.39, 0.29) is 5.66 Å². The predicted molar refractivity (Wildman–Crippen MR) is 57.2 cm³/mol. The van der Waals surface area contributed by atoms with Gasteiger partial charge in [-0.15, -0.1) is 0 Å². The van der Waals surface area contributed by atoms with E-state index in [9.17, 15) is 0 Å². The number of hydrogen-bond donors (Lipinski definition) is 0. The molecule has 0 saturated carbocycles. The van der Waals surface area contributed by atoms with Gasteiger partial charge in [0.15, 0.2) is 0 Å². The molecule has 1 heterocycles. The van der Waals surface area contributed by atoms with Crippen molar-refractivity contribution in [2.75, 3.05) is 13.6 Å². The van der Waals surface area contributed by atoms with Crippen molar-refractivity contribution in [2.24, 2.45) is 0 Å². The lowest BCUT2D eigenvalue weighted by atomic mass is 10.0. The molecule has 76 valence electrons. The summed E-state index contributed by atoms with van der Waals surface area (Å²) in [5.74, 6) is 0. The number of nitrogens with zero attached hydrogens (tertiary/aromatic N) is 2. The molecule has 1 atom stereocenters. The predicted octanol–water partition coefficient (Wildman–Crippen LogP) is 2.63. The third kappa shape index (κ3) is 1.82. The van der Waals surface area contributed by atoms with Crippen molar-refractivity contribution in [3.05, 3.63) is 12.4 Å².